The van der Waals surface area contributed by atoms with E-state index in [-0.39, 0.29) is 0 Å². The molecule has 1 unspecified atom stereocenters. The van der Waals surface area contributed by atoms with Gasteiger partial charge in [-0.05, 0) is 19.2 Å². The maximum Gasteiger partial charge on any atom is 0.0469 e. The van der Waals surface area contributed by atoms with Crippen molar-refractivity contribution in [2.45, 2.75) is 11.2 Å². The van der Waals surface area contributed by atoms with Gasteiger partial charge in [-0.2, -0.15) is 11.8 Å². The minimum atomic E-state index is 0.347. The molecule has 0 bridgehead atoms. The van der Waals surface area contributed by atoms with Gasteiger partial charge in [0.25, 0.3) is 0 Å². The maximum absolute atomic E-state index is 4.25. The van der Waals surface area contributed by atoms with Gasteiger partial charge in [0.2, 0.25) is 0 Å². The molecule has 1 N–H and O–H groups in total. The third-order valence-corrected chi connectivity index (χ3v) is 3.26. The van der Waals surface area contributed by atoms with E-state index in [2.05, 4.69) is 29.0 Å². The summed E-state index contributed by atoms with van der Waals surface area (Å²) in [6.07, 6.45) is 5.45. The van der Waals surface area contributed by atoms with Gasteiger partial charge < -0.3 is 10.1 Å². The van der Waals surface area contributed by atoms with Gasteiger partial charge in [-0.15, -0.1) is 6.58 Å². The molecule has 1 rings (SSSR count). The second-order valence-corrected chi connectivity index (χ2v) is 4.03. The normalized spacial score (nSPS) is 27.6. The molecule has 2 nitrogen and oxygen atoms in total. The second-order valence-electron chi connectivity index (χ2n) is 2.81. The molecule has 0 spiro atoms. The topological polar surface area (TPSA) is 21.3 Å². The predicted molar refractivity (Wildman–Crippen MR) is 56.9 cm³/mol. The van der Waals surface area contributed by atoms with E-state index in [1.165, 1.54) is 6.42 Å². The molecule has 0 aliphatic carbocycles. The minimum Gasteiger partial charge on any atom is -0.388 e. The molecular formula is C9H19NOS. The molecule has 0 saturated carbocycles. The molecule has 1 saturated heterocycles. The van der Waals surface area contributed by atoms with Gasteiger partial charge in [0.05, 0.1) is 0 Å². The number of methoxy groups -OCH3 is 1. The summed E-state index contributed by atoms with van der Waals surface area (Å²) in [4.78, 5) is 0. The highest BCUT2D eigenvalue weighted by Gasteiger charge is 2.28. The van der Waals surface area contributed by atoms with Crippen molar-refractivity contribution < 1.29 is 4.74 Å². The largest absolute Gasteiger partial charge is 0.388 e. The van der Waals surface area contributed by atoms with E-state index in [4.69, 9.17) is 0 Å². The monoisotopic (exact) mass is 189 g/mol. The van der Waals surface area contributed by atoms with Crippen molar-refractivity contribution in [3.8, 4) is 0 Å². The summed E-state index contributed by atoms with van der Waals surface area (Å²) in [5, 5.41) is 3.32. The van der Waals surface area contributed by atoms with Crippen LogP contribution in [0.3, 0.4) is 0 Å². The lowest BCUT2D eigenvalue weighted by molar-refractivity contribution is 0.277. The third kappa shape index (κ3) is 3.61. The van der Waals surface area contributed by atoms with Crippen molar-refractivity contribution in [3.63, 3.8) is 0 Å². The molecule has 1 fully saturated rings. The lowest BCUT2D eigenvalue weighted by Gasteiger charge is -2.19. The molecule has 1 aliphatic rings. The van der Waals surface area contributed by atoms with Crippen LogP contribution in [0, 0.1) is 0 Å². The summed E-state index contributed by atoms with van der Waals surface area (Å²) in [6.45, 7) is 6.07. The van der Waals surface area contributed by atoms with Crippen LogP contribution in [0.5, 0.6) is 0 Å². The van der Waals surface area contributed by atoms with Gasteiger partial charge in [0.1, 0.15) is 0 Å². The zero-order chi connectivity index (χ0) is 9.45. The molecule has 3 heteroatoms. The Hall–Kier alpha value is 0.01000. The fraction of sp³-hybridized carbons (Fsp3) is 0.778. The summed E-state index contributed by atoms with van der Waals surface area (Å²) in [6, 6.07) is 0. The van der Waals surface area contributed by atoms with Crippen LogP contribution in [0.2, 0.25) is 0 Å². The highest BCUT2D eigenvalue weighted by Crippen LogP contribution is 2.29. The van der Waals surface area contributed by atoms with Crippen molar-refractivity contribution in [3.05, 3.63) is 12.7 Å². The number of ether oxygens (including phenoxy) is 1. The van der Waals surface area contributed by atoms with Crippen molar-refractivity contribution in [2.75, 3.05) is 33.6 Å². The van der Waals surface area contributed by atoms with E-state index in [9.17, 15) is 0 Å². The number of nitrogens with one attached hydrogen (secondary N) is 1. The van der Waals surface area contributed by atoms with E-state index in [1.807, 2.05) is 11.8 Å². The quantitative estimate of drug-likeness (QED) is 0.666. The first-order chi connectivity index (χ1) is 5.74. The predicted octanol–water partition coefficient (Wildman–Crippen LogP) is 1.53. The van der Waals surface area contributed by atoms with Crippen molar-refractivity contribution in [1.82, 2.24) is 5.32 Å². The fourth-order valence-corrected chi connectivity index (χ4v) is 1.84. The van der Waals surface area contributed by atoms with Crippen LogP contribution < -0.4 is 5.32 Å². The summed E-state index contributed by atoms with van der Waals surface area (Å²) in [7, 11) is 3.25. The second kappa shape index (κ2) is 6.52. The molecule has 0 aromatic carbocycles. The molecule has 0 amide bonds. The summed E-state index contributed by atoms with van der Waals surface area (Å²) >= 11 is 1.90. The molecule has 1 heterocycles. The van der Waals surface area contributed by atoms with Crippen LogP contribution >= 0.6 is 11.8 Å². The molecule has 0 aromatic rings. The highest BCUT2D eigenvalue weighted by molar-refractivity contribution is 8.00. The van der Waals surface area contributed by atoms with Gasteiger partial charge in [-0.25, -0.2) is 0 Å². The van der Waals surface area contributed by atoms with E-state index in [0.29, 0.717) is 4.75 Å². The Morgan fingerprint density at radius 2 is 2.17 bits per heavy atom. The first-order valence-corrected chi connectivity index (χ1v) is 5.26. The molecule has 0 aromatic heterocycles. The van der Waals surface area contributed by atoms with Crippen LogP contribution in [-0.2, 0) is 4.74 Å². The highest BCUT2D eigenvalue weighted by atomic mass is 32.2. The SMILES string of the molecule is C=CC1(SC)CCNC1.COC. The van der Waals surface area contributed by atoms with Crippen LogP contribution in [0.15, 0.2) is 12.7 Å². The van der Waals surface area contributed by atoms with Crippen LogP contribution in [0.25, 0.3) is 0 Å². The van der Waals surface area contributed by atoms with E-state index in [0.717, 1.165) is 13.1 Å². The minimum absolute atomic E-state index is 0.347. The first kappa shape index (κ1) is 12.0. The average molecular weight is 189 g/mol. The fourth-order valence-electron chi connectivity index (χ4n) is 1.12. The number of hydrogen-bond acceptors (Lipinski definition) is 3. The number of hydrogen-bond donors (Lipinski definition) is 1. The third-order valence-electron chi connectivity index (χ3n) is 1.93. The zero-order valence-electron chi connectivity index (χ0n) is 8.22. The van der Waals surface area contributed by atoms with Crippen molar-refractivity contribution >= 4 is 11.8 Å². The Morgan fingerprint density at radius 1 is 1.58 bits per heavy atom. The van der Waals surface area contributed by atoms with E-state index < -0.39 is 0 Å². The van der Waals surface area contributed by atoms with Crippen LogP contribution in [0.1, 0.15) is 6.42 Å². The molecule has 1 aliphatic heterocycles. The number of rotatable bonds is 2. The van der Waals surface area contributed by atoms with Gasteiger partial charge in [0.15, 0.2) is 0 Å². The van der Waals surface area contributed by atoms with E-state index >= 15 is 0 Å². The van der Waals surface area contributed by atoms with Gasteiger partial charge in [-0.3, -0.25) is 0 Å². The Kier molecular flexibility index (Phi) is 6.52. The smallest absolute Gasteiger partial charge is 0.0469 e. The summed E-state index contributed by atoms with van der Waals surface area (Å²) in [5.74, 6) is 0. The molecular weight excluding hydrogens is 170 g/mol. The zero-order valence-corrected chi connectivity index (χ0v) is 9.04. The van der Waals surface area contributed by atoms with Gasteiger partial charge in [-0.1, -0.05) is 6.08 Å². The Balaban J connectivity index is 0.000000354. The Bertz CT molecular complexity index is 122. The molecule has 72 valence electrons. The lowest BCUT2D eigenvalue weighted by atomic mass is 10.1. The van der Waals surface area contributed by atoms with Crippen molar-refractivity contribution in [1.29, 1.82) is 0 Å². The first-order valence-electron chi connectivity index (χ1n) is 4.04. The average Bonchev–Trinajstić information content (AvgIpc) is 2.55. The number of thioether (sulfide) groups is 1. The summed E-state index contributed by atoms with van der Waals surface area (Å²) < 4.78 is 4.60. The Labute approximate surface area is 79.8 Å². The molecule has 1 atom stereocenters. The van der Waals surface area contributed by atoms with Crippen LogP contribution in [-0.4, -0.2) is 38.3 Å². The maximum atomic E-state index is 4.25. The molecule has 0 radical (unpaired) electrons. The van der Waals surface area contributed by atoms with E-state index in [1.54, 1.807) is 14.2 Å². The summed E-state index contributed by atoms with van der Waals surface area (Å²) in [5.41, 5.74) is 0. The molecule has 12 heavy (non-hydrogen) atoms. The Morgan fingerprint density at radius 3 is 2.33 bits per heavy atom. The van der Waals surface area contributed by atoms with Crippen molar-refractivity contribution in [2.24, 2.45) is 0 Å². The lowest BCUT2D eigenvalue weighted by Crippen LogP contribution is -2.23. The van der Waals surface area contributed by atoms with Gasteiger partial charge >= 0.3 is 0 Å². The van der Waals surface area contributed by atoms with Crippen LogP contribution in [0.4, 0.5) is 0 Å². The standard InChI is InChI=1S/C7H13NS.C2H6O/c1-3-7(9-2)4-5-8-6-7;1-3-2/h3,8H,1,4-6H2,2H3;1-2H3. The van der Waals surface area contributed by atoms with Gasteiger partial charge in [0, 0.05) is 25.5 Å².